The van der Waals surface area contributed by atoms with Gasteiger partial charge < -0.3 is 14.6 Å². The van der Waals surface area contributed by atoms with Crippen LogP contribution in [0.25, 0.3) is 10.9 Å². The Bertz CT molecular complexity index is 877. The molecule has 0 amide bonds. The third-order valence-corrected chi connectivity index (χ3v) is 5.32. The van der Waals surface area contributed by atoms with Gasteiger partial charge in [-0.2, -0.15) is 0 Å². The summed E-state index contributed by atoms with van der Waals surface area (Å²) in [6.45, 7) is 2.91. The van der Waals surface area contributed by atoms with Gasteiger partial charge in [-0.3, -0.25) is 0 Å². The maximum atomic E-state index is 13.2. The van der Waals surface area contributed by atoms with Crippen LogP contribution < -0.4 is 0 Å². The molecule has 3 aromatic rings. The van der Waals surface area contributed by atoms with E-state index in [4.69, 9.17) is 0 Å². The van der Waals surface area contributed by atoms with Crippen molar-refractivity contribution in [2.45, 2.75) is 25.3 Å². The lowest BCUT2D eigenvalue weighted by molar-refractivity contribution is 0.256. The van der Waals surface area contributed by atoms with Gasteiger partial charge in [0.1, 0.15) is 11.6 Å². The summed E-state index contributed by atoms with van der Waals surface area (Å²) in [5.74, 6) is 0.620. The van der Waals surface area contributed by atoms with Gasteiger partial charge in [-0.15, -0.1) is 0 Å². The molecule has 1 saturated heterocycles. The van der Waals surface area contributed by atoms with Crippen LogP contribution in [0.1, 0.15) is 29.9 Å². The van der Waals surface area contributed by atoms with E-state index in [9.17, 15) is 9.50 Å². The first-order chi connectivity index (χ1) is 12.1. The van der Waals surface area contributed by atoms with E-state index in [-0.39, 0.29) is 5.82 Å². The average molecular weight is 338 g/mol. The van der Waals surface area contributed by atoms with Gasteiger partial charge in [0.05, 0.1) is 0 Å². The van der Waals surface area contributed by atoms with Crippen molar-refractivity contribution in [3.8, 4) is 5.75 Å². The minimum absolute atomic E-state index is 0.210. The molecule has 0 spiro atoms. The highest BCUT2D eigenvalue weighted by Crippen LogP contribution is 2.36. The number of rotatable bonds is 3. The molecule has 2 aromatic carbocycles. The molecular weight excluding hydrogens is 315 g/mol. The molecule has 0 unspecified atom stereocenters. The lowest BCUT2D eigenvalue weighted by Gasteiger charge is -2.28. The molecule has 4 heteroatoms. The van der Waals surface area contributed by atoms with Gasteiger partial charge in [0, 0.05) is 23.6 Å². The zero-order valence-electron chi connectivity index (χ0n) is 14.5. The summed E-state index contributed by atoms with van der Waals surface area (Å²) in [7, 11) is 2.17. The minimum atomic E-state index is -0.210. The SMILES string of the molecule is CN1CCC(c2cn(Cc3ccc(F)cc3)c3ccc(O)cc23)CC1. The first-order valence-corrected chi connectivity index (χ1v) is 8.85. The van der Waals surface area contributed by atoms with E-state index >= 15 is 0 Å². The normalized spacial score (nSPS) is 16.6. The van der Waals surface area contributed by atoms with E-state index in [0.717, 1.165) is 42.4 Å². The van der Waals surface area contributed by atoms with Gasteiger partial charge in [0.2, 0.25) is 0 Å². The maximum Gasteiger partial charge on any atom is 0.123 e. The number of benzene rings is 2. The van der Waals surface area contributed by atoms with Crippen molar-refractivity contribution in [2.24, 2.45) is 0 Å². The van der Waals surface area contributed by atoms with Crippen molar-refractivity contribution in [3.63, 3.8) is 0 Å². The molecule has 0 radical (unpaired) electrons. The van der Waals surface area contributed by atoms with Gasteiger partial charge in [0.15, 0.2) is 0 Å². The highest BCUT2D eigenvalue weighted by molar-refractivity contribution is 5.86. The summed E-state index contributed by atoms with van der Waals surface area (Å²) in [5, 5.41) is 11.1. The molecule has 0 aliphatic carbocycles. The average Bonchev–Trinajstić information content (AvgIpc) is 2.95. The van der Waals surface area contributed by atoms with Crippen molar-refractivity contribution in [1.29, 1.82) is 0 Å². The van der Waals surface area contributed by atoms with Gasteiger partial charge >= 0.3 is 0 Å². The van der Waals surface area contributed by atoms with E-state index in [1.807, 2.05) is 24.3 Å². The summed E-state index contributed by atoms with van der Waals surface area (Å²) in [5.41, 5.74) is 3.51. The molecule has 1 aliphatic heterocycles. The largest absolute Gasteiger partial charge is 0.508 e. The Hall–Kier alpha value is -2.33. The molecule has 130 valence electrons. The number of likely N-dealkylation sites (tertiary alicyclic amines) is 1. The number of hydrogen-bond donors (Lipinski definition) is 1. The summed E-state index contributed by atoms with van der Waals surface area (Å²) in [6, 6.07) is 12.3. The molecular formula is C21H23FN2O. The first-order valence-electron chi connectivity index (χ1n) is 8.85. The number of hydrogen-bond acceptors (Lipinski definition) is 2. The first kappa shape index (κ1) is 16.2. The number of fused-ring (bicyclic) bond motifs is 1. The molecule has 1 fully saturated rings. The van der Waals surface area contributed by atoms with Crippen LogP contribution >= 0.6 is 0 Å². The summed E-state index contributed by atoms with van der Waals surface area (Å²) < 4.78 is 15.4. The molecule has 0 saturated carbocycles. The number of piperidine rings is 1. The molecule has 25 heavy (non-hydrogen) atoms. The van der Waals surface area contributed by atoms with E-state index in [1.165, 1.54) is 17.7 Å². The molecule has 1 N–H and O–H groups in total. The van der Waals surface area contributed by atoms with Crippen LogP contribution in [0.3, 0.4) is 0 Å². The fraction of sp³-hybridized carbons (Fsp3) is 0.333. The second-order valence-electron chi connectivity index (χ2n) is 7.12. The van der Waals surface area contributed by atoms with Gasteiger partial charge in [-0.05, 0) is 80.4 Å². The number of phenolic OH excluding ortho intramolecular Hbond substituents is 1. The van der Waals surface area contributed by atoms with Crippen LogP contribution in [0.2, 0.25) is 0 Å². The van der Waals surface area contributed by atoms with Crippen molar-refractivity contribution >= 4 is 10.9 Å². The number of aromatic hydroxyl groups is 1. The third-order valence-electron chi connectivity index (χ3n) is 5.32. The Morgan fingerprint density at radius 3 is 2.52 bits per heavy atom. The highest BCUT2D eigenvalue weighted by Gasteiger charge is 2.22. The zero-order chi connectivity index (χ0) is 17.4. The molecule has 1 aromatic heterocycles. The van der Waals surface area contributed by atoms with Crippen molar-refractivity contribution in [2.75, 3.05) is 20.1 Å². The van der Waals surface area contributed by atoms with Crippen molar-refractivity contribution < 1.29 is 9.50 Å². The lowest BCUT2D eigenvalue weighted by atomic mass is 9.89. The second-order valence-corrected chi connectivity index (χ2v) is 7.12. The topological polar surface area (TPSA) is 28.4 Å². The smallest absolute Gasteiger partial charge is 0.123 e. The van der Waals surface area contributed by atoms with Crippen LogP contribution in [0.5, 0.6) is 5.75 Å². The molecule has 4 rings (SSSR count). The van der Waals surface area contributed by atoms with E-state index in [2.05, 4.69) is 22.7 Å². The van der Waals surface area contributed by atoms with Gasteiger partial charge in [0.25, 0.3) is 0 Å². The van der Waals surface area contributed by atoms with Crippen LogP contribution in [0.15, 0.2) is 48.7 Å². The molecule has 0 atom stereocenters. The number of halogens is 1. The predicted octanol–water partition coefficient (Wildman–Crippen LogP) is 4.34. The molecule has 0 bridgehead atoms. The fourth-order valence-electron chi connectivity index (χ4n) is 3.87. The Morgan fingerprint density at radius 1 is 1.08 bits per heavy atom. The Morgan fingerprint density at radius 2 is 1.80 bits per heavy atom. The zero-order valence-corrected chi connectivity index (χ0v) is 14.5. The van der Waals surface area contributed by atoms with E-state index in [0.29, 0.717) is 18.2 Å². The Kier molecular flexibility index (Phi) is 4.22. The third kappa shape index (κ3) is 3.27. The lowest BCUT2D eigenvalue weighted by Crippen LogP contribution is -2.29. The van der Waals surface area contributed by atoms with Crippen molar-refractivity contribution in [3.05, 3.63) is 65.6 Å². The van der Waals surface area contributed by atoms with Crippen LogP contribution in [0, 0.1) is 5.82 Å². The summed E-state index contributed by atoms with van der Waals surface area (Å²) in [4.78, 5) is 2.37. The van der Waals surface area contributed by atoms with Gasteiger partial charge in [-0.25, -0.2) is 4.39 Å². The number of nitrogens with zero attached hydrogens (tertiary/aromatic N) is 2. The number of aromatic nitrogens is 1. The number of phenols is 1. The van der Waals surface area contributed by atoms with Crippen LogP contribution in [-0.2, 0) is 6.54 Å². The van der Waals surface area contributed by atoms with E-state index in [1.54, 1.807) is 6.07 Å². The Balaban J connectivity index is 1.73. The molecule has 1 aliphatic rings. The molecule has 2 heterocycles. The molecule has 3 nitrogen and oxygen atoms in total. The quantitative estimate of drug-likeness (QED) is 0.769. The summed E-state index contributed by atoms with van der Waals surface area (Å²) in [6.07, 6.45) is 4.51. The maximum absolute atomic E-state index is 13.2. The second kappa shape index (κ2) is 6.52. The fourth-order valence-corrected chi connectivity index (χ4v) is 3.87. The highest BCUT2D eigenvalue weighted by atomic mass is 19.1. The van der Waals surface area contributed by atoms with Gasteiger partial charge in [-0.1, -0.05) is 12.1 Å². The summed E-state index contributed by atoms with van der Waals surface area (Å²) >= 11 is 0. The predicted molar refractivity (Wildman–Crippen MR) is 98.6 cm³/mol. The van der Waals surface area contributed by atoms with Crippen molar-refractivity contribution in [1.82, 2.24) is 9.47 Å². The monoisotopic (exact) mass is 338 g/mol. The van der Waals surface area contributed by atoms with Crippen LogP contribution in [0.4, 0.5) is 4.39 Å². The standard InChI is InChI=1S/C21H23FN2O/c1-23-10-8-16(9-11-23)20-14-24(13-15-2-4-17(22)5-3-15)21-7-6-18(25)12-19(20)21/h2-7,12,14,16,25H,8-11,13H2,1H3. The van der Waals surface area contributed by atoms with E-state index < -0.39 is 0 Å². The van der Waals surface area contributed by atoms with Crippen LogP contribution in [-0.4, -0.2) is 34.7 Å². The minimum Gasteiger partial charge on any atom is -0.508 e. The Labute approximate surface area is 147 Å².